The molecule has 4 aromatic rings. The molecule has 2 aliphatic rings. The van der Waals surface area contributed by atoms with Crippen molar-refractivity contribution in [3.05, 3.63) is 126 Å². The van der Waals surface area contributed by atoms with Crippen molar-refractivity contribution in [1.82, 2.24) is 0 Å². The zero-order valence-corrected chi connectivity index (χ0v) is 29.0. The van der Waals surface area contributed by atoms with Gasteiger partial charge in [0.05, 0.1) is 20.1 Å². The number of aliphatic hydroxyl groups is 2. The highest BCUT2D eigenvalue weighted by Gasteiger charge is 2.26. The Labute approximate surface area is 285 Å². The van der Waals surface area contributed by atoms with Crippen LogP contribution in [0.3, 0.4) is 0 Å². The number of hydrogen-bond donors (Lipinski definition) is 1. The molecule has 2 saturated heterocycles. The lowest BCUT2D eigenvalue weighted by atomic mass is 9.78. The van der Waals surface area contributed by atoms with E-state index in [0.29, 0.717) is 19.3 Å². The zero-order chi connectivity index (χ0) is 34.1. The lowest BCUT2D eigenvalue weighted by Gasteiger charge is -2.26. The summed E-state index contributed by atoms with van der Waals surface area (Å²) in [7, 11) is 1.81. The van der Waals surface area contributed by atoms with Crippen LogP contribution < -0.4 is 14.2 Å². The molecule has 254 valence electrons. The summed E-state index contributed by atoms with van der Waals surface area (Å²) in [5, 5.41) is 9.55. The Hall–Kier alpha value is -4.17. The Morgan fingerprint density at radius 1 is 0.646 bits per heavy atom. The van der Waals surface area contributed by atoms with Crippen LogP contribution in [0.15, 0.2) is 97.1 Å². The molecule has 0 spiro atoms. The Bertz CT molecular complexity index is 1540. The molecule has 48 heavy (non-hydrogen) atoms. The van der Waals surface area contributed by atoms with Crippen LogP contribution in [-0.2, 0) is 20.3 Å². The average molecular weight is 655 g/mol. The summed E-state index contributed by atoms with van der Waals surface area (Å²) in [6.07, 6.45) is 1.72. The quantitative estimate of drug-likeness (QED) is 0.0816. The second-order valence-corrected chi connectivity index (χ2v) is 13.3. The van der Waals surface area contributed by atoms with Gasteiger partial charge in [-0.25, -0.2) is 0 Å². The van der Waals surface area contributed by atoms with Gasteiger partial charge in [0.15, 0.2) is 13.7 Å². The normalized spacial score (nSPS) is 17.3. The molecule has 0 aliphatic carbocycles. The molecule has 2 fully saturated rings. The van der Waals surface area contributed by atoms with E-state index in [1.807, 2.05) is 50.4 Å². The number of ether oxygens (including phenoxy) is 6. The topological polar surface area (TPSA) is 85.8 Å². The van der Waals surface area contributed by atoms with Gasteiger partial charge in [0.1, 0.15) is 49.1 Å². The standard InChI is InChI=1S/C22H27O4.C19H22O3/c1-4-18(23)13-24-19-9-5-16(6-10-19)22(2,3)17-7-11-20(12-8-17)25-14-21-15-26-21;1-19(2,14-4-8-16(20-3)9-5-14)15-6-10-17(11-7-15)21-12-18-13-22-18/h4-12,18,21,23H,13-15H2,1-3H3;4-11,18H,12-13H2,1-3H3/q+1;/p+1. The van der Waals surface area contributed by atoms with Crippen LogP contribution in [0.4, 0.5) is 0 Å². The maximum absolute atomic E-state index is 9.55. The van der Waals surface area contributed by atoms with E-state index in [1.54, 1.807) is 6.42 Å². The smallest absolute Gasteiger partial charge is 0.254 e. The first-order valence-corrected chi connectivity index (χ1v) is 16.7. The van der Waals surface area contributed by atoms with Gasteiger partial charge in [-0.2, -0.15) is 0 Å². The Morgan fingerprint density at radius 3 is 1.29 bits per heavy atom. The molecule has 3 unspecified atom stereocenters. The van der Waals surface area contributed by atoms with Crippen molar-refractivity contribution in [3.63, 3.8) is 0 Å². The van der Waals surface area contributed by atoms with Crippen LogP contribution in [0.1, 0.15) is 56.9 Å². The molecule has 4 aromatic carbocycles. The third kappa shape index (κ3) is 9.69. The highest BCUT2D eigenvalue weighted by Crippen LogP contribution is 2.35. The fourth-order valence-corrected chi connectivity index (χ4v) is 5.25. The van der Waals surface area contributed by atoms with Gasteiger partial charge in [-0.1, -0.05) is 64.1 Å². The summed E-state index contributed by atoms with van der Waals surface area (Å²) in [6.45, 7) is 13.9. The van der Waals surface area contributed by atoms with E-state index < -0.39 is 6.10 Å². The zero-order valence-electron chi connectivity index (χ0n) is 29.0. The van der Waals surface area contributed by atoms with Crippen molar-refractivity contribution in [3.8, 4) is 23.0 Å². The minimum absolute atomic E-state index is 0.0512. The third-order valence-corrected chi connectivity index (χ3v) is 9.06. The van der Waals surface area contributed by atoms with Gasteiger partial charge in [-0.3, -0.25) is 0 Å². The molecule has 2 aliphatic heterocycles. The molecular formula is C41H50O7+2. The predicted octanol–water partition coefficient (Wildman–Crippen LogP) is 7.42. The first-order chi connectivity index (χ1) is 23.1. The molecule has 7 nitrogen and oxygen atoms in total. The SMILES string of the molecule is C[CH+]C(O)COc1ccc(C(C)(C)c2ccc(OCC3CO3)cc2)cc1.C[OH+]c1ccc(C(C)(C)c2ccc(OCC3CO3)cc2)cc1. The number of aromatic hydroxyl groups is 1. The van der Waals surface area contributed by atoms with Crippen LogP contribution >= 0.6 is 0 Å². The molecule has 7 heteroatoms. The summed E-state index contributed by atoms with van der Waals surface area (Å²) in [5.74, 6) is 3.53. The number of rotatable bonds is 15. The van der Waals surface area contributed by atoms with E-state index in [4.69, 9.17) is 23.7 Å². The largest absolute Gasteiger partial charge is 0.585 e. The van der Waals surface area contributed by atoms with Crippen molar-refractivity contribution in [2.75, 3.05) is 40.1 Å². The van der Waals surface area contributed by atoms with Gasteiger partial charge in [0.25, 0.3) is 5.75 Å². The maximum Gasteiger partial charge on any atom is 0.254 e. The van der Waals surface area contributed by atoms with E-state index in [2.05, 4.69) is 93.1 Å². The maximum atomic E-state index is 9.55. The summed E-state index contributed by atoms with van der Waals surface area (Å²) < 4.78 is 31.5. The number of hydrogen-bond acceptors (Lipinski definition) is 6. The third-order valence-electron chi connectivity index (χ3n) is 9.06. The van der Waals surface area contributed by atoms with Crippen LogP contribution in [0.25, 0.3) is 0 Å². The van der Waals surface area contributed by atoms with Crippen molar-refractivity contribution >= 4 is 0 Å². The lowest BCUT2D eigenvalue weighted by Crippen LogP contribution is -2.19. The fourth-order valence-electron chi connectivity index (χ4n) is 5.25. The van der Waals surface area contributed by atoms with E-state index in [1.165, 1.54) is 22.3 Å². The van der Waals surface area contributed by atoms with Gasteiger partial charge in [0, 0.05) is 23.0 Å². The van der Waals surface area contributed by atoms with Gasteiger partial charge >= 0.3 is 0 Å². The molecular weight excluding hydrogens is 604 g/mol. The second-order valence-electron chi connectivity index (χ2n) is 13.3. The Morgan fingerprint density at radius 2 is 0.979 bits per heavy atom. The Balaban J connectivity index is 0.000000190. The summed E-state index contributed by atoms with van der Waals surface area (Å²) in [4.78, 5) is 0. The van der Waals surface area contributed by atoms with Crippen molar-refractivity contribution < 1.29 is 33.5 Å². The van der Waals surface area contributed by atoms with E-state index in [-0.39, 0.29) is 23.5 Å². The molecule has 3 atom stereocenters. The predicted molar refractivity (Wildman–Crippen MR) is 190 cm³/mol. The van der Waals surface area contributed by atoms with E-state index >= 15 is 0 Å². The van der Waals surface area contributed by atoms with Crippen LogP contribution in [0.5, 0.6) is 23.0 Å². The number of epoxide rings is 2. The van der Waals surface area contributed by atoms with Crippen molar-refractivity contribution in [1.29, 1.82) is 0 Å². The van der Waals surface area contributed by atoms with Crippen molar-refractivity contribution in [2.45, 2.75) is 63.8 Å². The van der Waals surface area contributed by atoms with Crippen LogP contribution in [0.2, 0.25) is 0 Å². The lowest BCUT2D eigenvalue weighted by molar-refractivity contribution is 0.132. The molecule has 0 aromatic heterocycles. The molecule has 2 heterocycles. The fraction of sp³-hybridized carbons (Fsp3) is 0.390. The van der Waals surface area contributed by atoms with Crippen LogP contribution in [-0.4, -0.2) is 68.3 Å². The Kier molecular flexibility index (Phi) is 11.6. The van der Waals surface area contributed by atoms with Gasteiger partial charge < -0.3 is 33.5 Å². The minimum atomic E-state index is -0.543. The molecule has 0 radical (unpaired) electrons. The average Bonchev–Trinajstić information content (AvgIpc) is 4.06. The number of benzene rings is 4. The molecule has 0 bridgehead atoms. The first-order valence-electron chi connectivity index (χ1n) is 16.7. The van der Waals surface area contributed by atoms with Gasteiger partial charge in [-0.15, -0.1) is 0 Å². The first kappa shape index (κ1) is 35.1. The highest BCUT2D eigenvalue weighted by molar-refractivity contribution is 5.43. The molecule has 6 rings (SSSR count). The summed E-state index contributed by atoms with van der Waals surface area (Å²) >= 11 is 0. The second kappa shape index (κ2) is 15.8. The molecule has 0 amide bonds. The van der Waals surface area contributed by atoms with Crippen molar-refractivity contribution in [2.24, 2.45) is 0 Å². The summed E-state index contributed by atoms with van der Waals surface area (Å²) in [6, 6.07) is 33.1. The highest BCUT2D eigenvalue weighted by atomic mass is 16.6. The van der Waals surface area contributed by atoms with E-state index in [9.17, 15) is 5.11 Å². The molecule has 0 saturated carbocycles. The van der Waals surface area contributed by atoms with Gasteiger partial charge in [-0.05, 0) is 70.8 Å². The minimum Gasteiger partial charge on any atom is -0.585 e. The number of aliphatic hydroxyl groups excluding tert-OH is 1. The van der Waals surface area contributed by atoms with Gasteiger partial charge in [0.2, 0.25) is 6.10 Å². The van der Waals surface area contributed by atoms with E-state index in [0.717, 1.165) is 36.2 Å². The molecule has 2 N–H and O–H groups in total. The summed E-state index contributed by atoms with van der Waals surface area (Å²) in [5.41, 5.74) is 4.78. The van der Waals surface area contributed by atoms with Crippen LogP contribution in [0, 0.1) is 6.42 Å². The monoisotopic (exact) mass is 654 g/mol.